The molecule has 5 heteroatoms. The number of aliphatic carboxylic acids is 1. The van der Waals surface area contributed by atoms with Gasteiger partial charge in [-0.25, -0.2) is 0 Å². The lowest BCUT2D eigenvalue weighted by Crippen LogP contribution is -2.06. The second kappa shape index (κ2) is 4.57. The highest BCUT2D eigenvalue weighted by Gasteiger charge is 2.25. The number of carbonyl (C=O) groups is 1. The standard InChI is InChI=1S/C11H15BrN2O2/c1-14-8(6-9(15)16)10(12)11(13-14)7-4-2-3-5-7/h7H,2-6H2,1H3,(H,15,16). The fourth-order valence-electron chi connectivity index (χ4n) is 2.35. The summed E-state index contributed by atoms with van der Waals surface area (Å²) in [5.74, 6) is -0.315. The third-order valence-electron chi connectivity index (χ3n) is 3.19. The summed E-state index contributed by atoms with van der Waals surface area (Å²) in [5.41, 5.74) is 1.80. The highest BCUT2D eigenvalue weighted by atomic mass is 79.9. The van der Waals surface area contributed by atoms with Crippen molar-refractivity contribution in [3.05, 3.63) is 15.9 Å². The van der Waals surface area contributed by atoms with Gasteiger partial charge in [0, 0.05) is 13.0 Å². The van der Waals surface area contributed by atoms with Crippen molar-refractivity contribution in [2.75, 3.05) is 0 Å². The van der Waals surface area contributed by atoms with E-state index < -0.39 is 5.97 Å². The zero-order valence-corrected chi connectivity index (χ0v) is 10.8. The second-order valence-electron chi connectivity index (χ2n) is 4.32. The Bertz CT molecular complexity index is 408. The minimum atomic E-state index is -0.818. The summed E-state index contributed by atoms with van der Waals surface area (Å²) in [7, 11) is 1.81. The predicted molar refractivity (Wildman–Crippen MR) is 63.5 cm³/mol. The smallest absolute Gasteiger partial charge is 0.309 e. The minimum Gasteiger partial charge on any atom is -0.481 e. The average Bonchev–Trinajstić information content (AvgIpc) is 2.80. The summed E-state index contributed by atoms with van der Waals surface area (Å²) in [4.78, 5) is 10.7. The number of hydrogen-bond acceptors (Lipinski definition) is 2. The molecule has 16 heavy (non-hydrogen) atoms. The maximum Gasteiger partial charge on any atom is 0.309 e. The molecule has 0 bridgehead atoms. The molecular weight excluding hydrogens is 272 g/mol. The van der Waals surface area contributed by atoms with Crippen LogP contribution in [0.5, 0.6) is 0 Å². The topological polar surface area (TPSA) is 55.1 Å². The largest absolute Gasteiger partial charge is 0.481 e. The van der Waals surface area contributed by atoms with Crippen LogP contribution in [0.15, 0.2) is 4.47 Å². The number of carboxylic acids is 1. The van der Waals surface area contributed by atoms with Crippen LogP contribution in [0.3, 0.4) is 0 Å². The summed E-state index contributed by atoms with van der Waals surface area (Å²) < 4.78 is 2.58. The summed E-state index contributed by atoms with van der Waals surface area (Å²) in [5, 5.41) is 13.3. The molecule has 1 heterocycles. The van der Waals surface area contributed by atoms with Crippen LogP contribution in [0.2, 0.25) is 0 Å². The number of halogens is 1. The molecule has 0 amide bonds. The molecule has 4 nitrogen and oxygen atoms in total. The van der Waals surface area contributed by atoms with Crippen molar-refractivity contribution in [2.45, 2.75) is 38.0 Å². The molecule has 0 unspecified atom stereocenters. The van der Waals surface area contributed by atoms with Crippen LogP contribution in [-0.4, -0.2) is 20.9 Å². The molecule has 0 atom stereocenters. The van der Waals surface area contributed by atoms with E-state index in [0.29, 0.717) is 5.92 Å². The van der Waals surface area contributed by atoms with Gasteiger partial charge in [0.2, 0.25) is 0 Å². The Labute approximate surface area is 103 Å². The van der Waals surface area contributed by atoms with Crippen molar-refractivity contribution >= 4 is 21.9 Å². The van der Waals surface area contributed by atoms with E-state index in [0.717, 1.165) is 15.9 Å². The normalized spacial score (nSPS) is 16.9. The van der Waals surface area contributed by atoms with Crippen LogP contribution in [0.25, 0.3) is 0 Å². The third-order valence-corrected chi connectivity index (χ3v) is 4.05. The van der Waals surface area contributed by atoms with Crippen molar-refractivity contribution in [2.24, 2.45) is 7.05 Å². The lowest BCUT2D eigenvalue weighted by Gasteiger charge is -2.04. The first-order chi connectivity index (χ1) is 7.59. The molecule has 0 radical (unpaired) electrons. The number of carboxylic acid groups (broad SMARTS) is 1. The van der Waals surface area contributed by atoms with Crippen LogP contribution in [-0.2, 0) is 18.3 Å². The molecule has 1 aromatic rings. The average molecular weight is 287 g/mol. The van der Waals surface area contributed by atoms with Crippen LogP contribution in [0.1, 0.15) is 43.0 Å². The van der Waals surface area contributed by atoms with Gasteiger partial charge in [0.1, 0.15) is 0 Å². The number of aryl methyl sites for hydroxylation is 1. The fraction of sp³-hybridized carbons (Fsp3) is 0.636. The van der Waals surface area contributed by atoms with Gasteiger partial charge in [0.15, 0.2) is 0 Å². The van der Waals surface area contributed by atoms with E-state index in [1.165, 1.54) is 25.7 Å². The molecule has 1 aromatic heterocycles. The highest BCUT2D eigenvalue weighted by molar-refractivity contribution is 9.10. The second-order valence-corrected chi connectivity index (χ2v) is 5.11. The summed E-state index contributed by atoms with van der Waals surface area (Å²) in [6, 6.07) is 0. The monoisotopic (exact) mass is 286 g/mol. The van der Waals surface area contributed by atoms with E-state index in [9.17, 15) is 4.79 Å². The van der Waals surface area contributed by atoms with Gasteiger partial charge in [0.25, 0.3) is 0 Å². The Morgan fingerprint density at radius 3 is 2.75 bits per heavy atom. The molecule has 0 spiro atoms. The first-order valence-corrected chi connectivity index (χ1v) is 6.32. The molecule has 2 rings (SSSR count). The van der Waals surface area contributed by atoms with Gasteiger partial charge >= 0.3 is 5.97 Å². The van der Waals surface area contributed by atoms with E-state index in [1.54, 1.807) is 4.68 Å². The molecule has 0 saturated heterocycles. The van der Waals surface area contributed by atoms with Gasteiger partial charge < -0.3 is 5.11 Å². The van der Waals surface area contributed by atoms with E-state index in [-0.39, 0.29) is 6.42 Å². The Balaban J connectivity index is 2.30. The summed E-state index contributed by atoms with van der Waals surface area (Å²) in [6.45, 7) is 0. The van der Waals surface area contributed by atoms with Crippen LogP contribution in [0, 0.1) is 0 Å². The van der Waals surface area contributed by atoms with Crippen LogP contribution >= 0.6 is 15.9 Å². The Morgan fingerprint density at radius 2 is 2.19 bits per heavy atom. The minimum absolute atomic E-state index is 0.0246. The number of hydrogen-bond donors (Lipinski definition) is 1. The molecule has 88 valence electrons. The first-order valence-electron chi connectivity index (χ1n) is 5.52. The maximum atomic E-state index is 10.7. The lowest BCUT2D eigenvalue weighted by molar-refractivity contribution is -0.136. The third kappa shape index (κ3) is 2.14. The van der Waals surface area contributed by atoms with Crippen molar-refractivity contribution in [3.8, 4) is 0 Å². The van der Waals surface area contributed by atoms with Gasteiger partial charge in [-0.2, -0.15) is 5.10 Å². The number of nitrogens with zero attached hydrogens (tertiary/aromatic N) is 2. The van der Waals surface area contributed by atoms with Crippen molar-refractivity contribution < 1.29 is 9.90 Å². The zero-order chi connectivity index (χ0) is 11.7. The van der Waals surface area contributed by atoms with Gasteiger partial charge in [-0.1, -0.05) is 12.8 Å². The van der Waals surface area contributed by atoms with Gasteiger partial charge in [-0.05, 0) is 28.8 Å². The van der Waals surface area contributed by atoms with Gasteiger partial charge in [0.05, 0.1) is 22.3 Å². The first kappa shape index (κ1) is 11.6. The zero-order valence-electron chi connectivity index (χ0n) is 9.24. The molecule has 1 N–H and O–H groups in total. The van der Waals surface area contributed by atoms with Crippen LogP contribution in [0.4, 0.5) is 0 Å². The van der Waals surface area contributed by atoms with Crippen molar-refractivity contribution in [3.63, 3.8) is 0 Å². The molecule has 1 aliphatic rings. The predicted octanol–water partition coefficient (Wildman–Crippen LogP) is 2.47. The van der Waals surface area contributed by atoms with Gasteiger partial charge in [-0.3, -0.25) is 9.48 Å². The Hall–Kier alpha value is -0.840. The highest BCUT2D eigenvalue weighted by Crippen LogP contribution is 2.38. The molecule has 1 fully saturated rings. The number of aromatic nitrogens is 2. The van der Waals surface area contributed by atoms with Crippen molar-refractivity contribution in [1.82, 2.24) is 9.78 Å². The summed E-state index contributed by atoms with van der Waals surface area (Å²) >= 11 is 3.49. The molecule has 0 aromatic carbocycles. The lowest BCUT2D eigenvalue weighted by atomic mass is 10.0. The fourth-order valence-corrected chi connectivity index (χ4v) is 3.15. The maximum absolute atomic E-state index is 10.7. The van der Waals surface area contributed by atoms with E-state index >= 15 is 0 Å². The van der Waals surface area contributed by atoms with E-state index in [1.807, 2.05) is 7.05 Å². The quantitative estimate of drug-likeness (QED) is 0.929. The summed E-state index contributed by atoms with van der Waals surface area (Å²) in [6.07, 6.45) is 4.87. The number of rotatable bonds is 3. The molecular formula is C11H15BrN2O2. The van der Waals surface area contributed by atoms with E-state index in [2.05, 4.69) is 21.0 Å². The van der Waals surface area contributed by atoms with Crippen LogP contribution < -0.4 is 0 Å². The molecule has 1 saturated carbocycles. The molecule has 0 aliphatic heterocycles. The van der Waals surface area contributed by atoms with E-state index in [4.69, 9.17) is 5.11 Å². The SMILES string of the molecule is Cn1nc(C2CCCC2)c(Br)c1CC(=O)O. The Kier molecular flexibility index (Phi) is 3.33. The molecule has 1 aliphatic carbocycles. The van der Waals surface area contributed by atoms with Gasteiger partial charge in [-0.15, -0.1) is 0 Å². The van der Waals surface area contributed by atoms with Crippen molar-refractivity contribution in [1.29, 1.82) is 0 Å². The Morgan fingerprint density at radius 1 is 1.56 bits per heavy atom.